The quantitative estimate of drug-likeness (QED) is 0.321. The molecular weight excluding hydrogens is 293 g/mol. The molecule has 0 aromatic heterocycles. The number of nitrogens with zero attached hydrogens (tertiary/aromatic N) is 1. The van der Waals surface area contributed by atoms with E-state index >= 15 is 0 Å². The fourth-order valence-electron chi connectivity index (χ4n) is 2.54. The van der Waals surface area contributed by atoms with Crippen LogP contribution in [0.2, 0.25) is 0 Å². The molecule has 0 aromatic carbocycles. The smallest absolute Gasteiger partial charge is 0.234 e. The van der Waals surface area contributed by atoms with Crippen LogP contribution in [0.5, 0.6) is 0 Å². The maximum Gasteiger partial charge on any atom is 0.234 e. The zero-order chi connectivity index (χ0) is 10.3. The van der Waals surface area contributed by atoms with Gasteiger partial charge in [0.1, 0.15) is 0 Å². The second-order valence-electron chi connectivity index (χ2n) is 4.12. The molecule has 2 amide bonds. The summed E-state index contributed by atoms with van der Waals surface area (Å²) in [5.74, 6) is 0.158. The Bertz CT molecular complexity index is 253. The highest BCUT2D eigenvalue weighted by atomic mass is 127. The molecule has 1 saturated heterocycles. The lowest BCUT2D eigenvalue weighted by Crippen LogP contribution is -2.35. The molecule has 2 fully saturated rings. The summed E-state index contributed by atoms with van der Waals surface area (Å²) < 4.78 is -0.00167. The highest BCUT2D eigenvalue weighted by molar-refractivity contribution is 14.1. The minimum absolute atomic E-state index is 0.00167. The zero-order valence-electron chi connectivity index (χ0n) is 8.20. The van der Waals surface area contributed by atoms with Gasteiger partial charge in [0.2, 0.25) is 11.8 Å². The monoisotopic (exact) mass is 307 g/mol. The van der Waals surface area contributed by atoms with Crippen LogP contribution in [-0.2, 0) is 9.59 Å². The van der Waals surface area contributed by atoms with Crippen molar-refractivity contribution >= 4 is 34.4 Å². The normalized spacial score (nSPS) is 34.6. The van der Waals surface area contributed by atoms with E-state index in [9.17, 15) is 9.59 Å². The molecule has 3 nitrogen and oxygen atoms in total. The van der Waals surface area contributed by atoms with Crippen LogP contribution < -0.4 is 0 Å². The van der Waals surface area contributed by atoms with Crippen LogP contribution in [0.25, 0.3) is 0 Å². The number of halogens is 1. The largest absolute Gasteiger partial charge is 0.274 e. The van der Waals surface area contributed by atoms with Gasteiger partial charge in [0.25, 0.3) is 0 Å². The average molecular weight is 307 g/mol. The molecule has 1 aliphatic heterocycles. The molecule has 3 unspecified atom stereocenters. The van der Waals surface area contributed by atoms with Crippen LogP contribution in [0, 0.1) is 11.8 Å². The number of alkyl halides is 1. The molecule has 0 aromatic rings. The number of carbonyl (C=O) groups is 2. The van der Waals surface area contributed by atoms with Gasteiger partial charge in [-0.1, -0.05) is 35.4 Å². The van der Waals surface area contributed by atoms with E-state index in [1.807, 2.05) is 6.92 Å². The molecule has 1 aliphatic carbocycles. The summed E-state index contributed by atoms with van der Waals surface area (Å²) >= 11 is 2.13. The van der Waals surface area contributed by atoms with Crippen LogP contribution in [0.3, 0.4) is 0 Å². The lowest BCUT2D eigenvalue weighted by atomic mass is 9.81. The van der Waals surface area contributed by atoms with Crippen molar-refractivity contribution in [3.8, 4) is 0 Å². The minimum Gasteiger partial charge on any atom is -0.274 e. The van der Waals surface area contributed by atoms with Crippen molar-refractivity contribution in [2.75, 3.05) is 0 Å². The van der Waals surface area contributed by atoms with Crippen molar-refractivity contribution < 1.29 is 9.59 Å². The van der Waals surface area contributed by atoms with Crippen LogP contribution in [0.1, 0.15) is 32.6 Å². The topological polar surface area (TPSA) is 37.4 Å². The maximum atomic E-state index is 11.9. The first kappa shape index (κ1) is 10.4. The third-order valence-corrected chi connectivity index (χ3v) is 3.79. The number of rotatable bonds is 1. The van der Waals surface area contributed by atoms with Gasteiger partial charge in [-0.2, -0.15) is 0 Å². The minimum atomic E-state index is -0.00167. The van der Waals surface area contributed by atoms with Crippen molar-refractivity contribution in [1.29, 1.82) is 0 Å². The van der Waals surface area contributed by atoms with Crippen LogP contribution in [0.4, 0.5) is 0 Å². The number of hydrogen-bond acceptors (Lipinski definition) is 2. The van der Waals surface area contributed by atoms with Crippen molar-refractivity contribution in [1.82, 2.24) is 4.90 Å². The van der Waals surface area contributed by atoms with Gasteiger partial charge < -0.3 is 0 Å². The van der Waals surface area contributed by atoms with Gasteiger partial charge in [0.15, 0.2) is 0 Å². The summed E-state index contributed by atoms with van der Waals surface area (Å²) in [5, 5.41) is 0. The van der Waals surface area contributed by atoms with Crippen LogP contribution in [-0.4, -0.2) is 20.8 Å². The Morgan fingerprint density at radius 3 is 2.00 bits per heavy atom. The SMILES string of the molecule is CC(I)N1C(=O)C2CCCCC2C1=O. The zero-order valence-corrected chi connectivity index (χ0v) is 10.4. The standard InChI is InChI=1S/C10H14INO2/c1-6(11)12-9(13)7-4-2-3-5-8(7)10(12)14/h6-8H,2-5H2,1H3. The highest BCUT2D eigenvalue weighted by Gasteiger charge is 2.49. The van der Waals surface area contributed by atoms with Gasteiger partial charge in [0.05, 0.1) is 15.9 Å². The summed E-state index contributed by atoms with van der Waals surface area (Å²) in [6.07, 6.45) is 4.03. The molecule has 78 valence electrons. The number of fused-ring (bicyclic) bond motifs is 1. The number of likely N-dealkylation sites (tertiary alicyclic amines) is 1. The van der Waals surface area contributed by atoms with Crippen molar-refractivity contribution in [2.45, 2.75) is 36.7 Å². The lowest BCUT2D eigenvalue weighted by molar-refractivity contribution is -0.140. The summed E-state index contributed by atoms with van der Waals surface area (Å²) in [4.78, 5) is 25.2. The maximum absolute atomic E-state index is 11.9. The fourth-order valence-corrected chi connectivity index (χ4v) is 3.09. The number of carbonyl (C=O) groups excluding carboxylic acids is 2. The van der Waals surface area contributed by atoms with E-state index in [1.54, 1.807) is 0 Å². The molecular formula is C10H14INO2. The molecule has 14 heavy (non-hydrogen) atoms. The Kier molecular flexibility index (Phi) is 2.81. The predicted octanol–water partition coefficient (Wildman–Crippen LogP) is 1.94. The predicted molar refractivity (Wildman–Crippen MR) is 60.8 cm³/mol. The van der Waals surface area contributed by atoms with Crippen molar-refractivity contribution in [3.63, 3.8) is 0 Å². The summed E-state index contributed by atoms with van der Waals surface area (Å²) in [6.45, 7) is 1.90. The Hall–Kier alpha value is -0.130. The second kappa shape index (κ2) is 3.79. The molecule has 1 heterocycles. The number of imide groups is 1. The summed E-state index contributed by atoms with van der Waals surface area (Å²) in [5.41, 5.74) is 0. The van der Waals surface area contributed by atoms with E-state index in [2.05, 4.69) is 22.6 Å². The Balaban J connectivity index is 2.24. The Morgan fingerprint density at radius 2 is 1.64 bits per heavy atom. The summed E-state index contributed by atoms with van der Waals surface area (Å²) in [7, 11) is 0. The van der Waals surface area contributed by atoms with Gasteiger partial charge in [-0.3, -0.25) is 14.5 Å². The van der Waals surface area contributed by atoms with E-state index in [-0.39, 0.29) is 27.7 Å². The Morgan fingerprint density at radius 1 is 1.21 bits per heavy atom. The van der Waals surface area contributed by atoms with Gasteiger partial charge in [-0.05, 0) is 19.8 Å². The first-order valence-electron chi connectivity index (χ1n) is 5.14. The second-order valence-corrected chi connectivity index (χ2v) is 5.92. The molecule has 3 atom stereocenters. The van der Waals surface area contributed by atoms with E-state index in [0.29, 0.717) is 0 Å². The first-order valence-corrected chi connectivity index (χ1v) is 6.38. The number of hydrogen-bond donors (Lipinski definition) is 0. The third kappa shape index (κ3) is 1.47. The molecule has 2 aliphatic rings. The molecule has 4 heteroatoms. The van der Waals surface area contributed by atoms with Crippen LogP contribution in [0.15, 0.2) is 0 Å². The van der Waals surface area contributed by atoms with Crippen LogP contribution >= 0.6 is 22.6 Å². The van der Waals surface area contributed by atoms with Crippen molar-refractivity contribution in [3.05, 3.63) is 0 Å². The average Bonchev–Trinajstić information content (AvgIpc) is 2.41. The molecule has 0 N–H and O–H groups in total. The lowest BCUT2D eigenvalue weighted by Gasteiger charge is -2.19. The van der Waals surface area contributed by atoms with E-state index in [4.69, 9.17) is 0 Å². The van der Waals surface area contributed by atoms with Gasteiger partial charge >= 0.3 is 0 Å². The van der Waals surface area contributed by atoms with E-state index in [0.717, 1.165) is 25.7 Å². The Labute approximate surface area is 97.4 Å². The molecule has 0 bridgehead atoms. The molecule has 2 rings (SSSR count). The van der Waals surface area contributed by atoms with Gasteiger partial charge in [0, 0.05) is 0 Å². The third-order valence-electron chi connectivity index (χ3n) is 3.23. The van der Waals surface area contributed by atoms with Crippen molar-refractivity contribution in [2.24, 2.45) is 11.8 Å². The summed E-state index contributed by atoms with van der Waals surface area (Å²) in [6, 6.07) is 0. The highest BCUT2D eigenvalue weighted by Crippen LogP contribution is 2.39. The van der Waals surface area contributed by atoms with Gasteiger partial charge in [-0.15, -0.1) is 0 Å². The number of amides is 2. The van der Waals surface area contributed by atoms with E-state index < -0.39 is 0 Å². The fraction of sp³-hybridized carbons (Fsp3) is 0.800. The first-order chi connectivity index (χ1) is 6.63. The molecule has 0 radical (unpaired) electrons. The van der Waals surface area contributed by atoms with E-state index in [1.165, 1.54) is 4.90 Å². The molecule has 0 spiro atoms. The molecule has 1 saturated carbocycles. The van der Waals surface area contributed by atoms with Gasteiger partial charge in [-0.25, -0.2) is 0 Å².